The monoisotopic (exact) mass is 394 g/mol. The number of benzene rings is 2. The molecule has 0 heterocycles. The fraction of sp³-hybridized carbons (Fsp3) is 0.263. The van der Waals surface area contributed by atoms with E-state index in [1.54, 1.807) is 42.5 Å². The topological polar surface area (TPSA) is 58.6 Å². The molecule has 0 atom stereocenters. The lowest BCUT2D eigenvalue weighted by atomic mass is 10.2. The van der Waals surface area contributed by atoms with Gasteiger partial charge in [-0.2, -0.15) is 0 Å². The molecule has 0 saturated heterocycles. The number of carbonyl (C=O) groups is 2. The molecule has 0 aliphatic carbocycles. The van der Waals surface area contributed by atoms with Gasteiger partial charge in [0.15, 0.2) is 0 Å². The second-order valence-corrected chi connectivity index (χ2v) is 6.37. The smallest absolute Gasteiger partial charge is 0.226 e. The van der Waals surface area contributed by atoms with E-state index >= 15 is 0 Å². The van der Waals surface area contributed by atoms with Gasteiger partial charge < -0.3 is 15.0 Å². The number of halogens is 2. The van der Waals surface area contributed by atoms with Crippen molar-refractivity contribution >= 4 is 46.4 Å². The number of nitrogens with one attached hydrogen (secondary N) is 1. The number of ether oxygens (including phenoxy) is 1. The van der Waals surface area contributed by atoms with E-state index in [9.17, 15) is 9.59 Å². The van der Waals surface area contributed by atoms with Gasteiger partial charge in [0.25, 0.3) is 0 Å². The summed E-state index contributed by atoms with van der Waals surface area (Å²) >= 11 is 12.1. The summed E-state index contributed by atoms with van der Waals surface area (Å²) in [6.45, 7) is 4.10. The molecule has 0 aromatic heterocycles. The first-order chi connectivity index (χ1) is 12.4. The molecule has 0 spiro atoms. The molecule has 1 N–H and O–H groups in total. The Morgan fingerprint density at radius 2 is 1.81 bits per heavy atom. The largest absolute Gasteiger partial charge is 0.494 e. The van der Waals surface area contributed by atoms with E-state index in [0.29, 0.717) is 28.0 Å². The lowest BCUT2D eigenvalue weighted by molar-refractivity contribution is -0.117. The van der Waals surface area contributed by atoms with Crippen molar-refractivity contribution in [2.45, 2.75) is 20.3 Å². The van der Waals surface area contributed by atoms with Gasteiger partial charge in [-0.05, 0) is 49.4 Å². The Balaban J connectivity index is 1.99. The second-order valence-electron chi connectivity index (χ2n) is 5.52. The van der Waals surface area contributed by atoms with Crippen molar-refractivity contribution in [1.29, 1.82) is 0 Å². The van der Waals surface area contributed by atoms with Crippen LogP contribution in [0.15, 0.2) is 42.5 Å². The summed E-state index contributed by atoms with van der Waals surface area (Å²) in [5.41, 5.74) is 1.15. The van der Waals surface area contributed by atoms with Gasteiger partial charge in [0.1, 0.15) is 5.75 Å². The van der Waals surface area contributed by atoms with E-state index in [1.165, 1.54) is 11.8 Å². The van der Waals surface area contributed by atoms with Gasteiger partial charge in [-0.15, -0.1) is 0 Å². The average molecular weight is 395 g/mol. The molecule has 2 rings (SSSR count). The van der Waals surface area contributed by atoms with Crippen LogP contribution in [0, 0.1) is 0 Å². The summed E-state index contributed by atoms with van der Waals surface area (Å²) in [4.78, 5) is 25.6. The molecule has 0 bridgehead atoms. The van der Waals surface area contributed by atoms with E-state index in [-0.39, 0.29) is 24.8 Å². The van der Waals surface area contributed by atoms with Gasteiger partial charge in [0.05, 0.1) is 17.3 Å². The van der Waals surface area contributed by atoms with Gasteiger partial charge in [0, 0.05) is 30.6 Å². The Labute approximate surface area is 162 Å². The summed E-state index contributed by atoms with van der Waals surface area (Å²) in [5.74, 6) is 0.311. The van der Waals surface area contributed by atoms with Crippen LogP contribution in [0.3, 0.4) is 0 Å². The molecule has 2 amide bonds. The maximum atomic E-state index is 12.2. The Hall–Kier alpha value is -2.24. The fourth-order valence-corrected chi connectivity index (χ4v) is 2.76. The van der Waals surface area contributed by atoms with Crippen molar-refractivity contribution in [2.75, 3.05) is 23.4 Å². The third-order valence-electron chi connectivity index (χ3n) is 3.59. The van der Waals surface area contributed by atoms with E-state index < -0.39 is 0 Å². The van der Waals surface area contributed by atoms with Crippen molar-refractivity contribution in [3.05, 3.63) is 52.5 Å². The lowest BCUT2D eigenvalue weighted by Crippen LogP contribution is -2.32. The molecular weight excluding hydrogens is 375 g/mol. The molecule has 26 heavy (non-hydrogen) atoms. The van der Waals surface area contributed by atoms with E-state index in [2.05, 4.69) is 5.32 Å². The Bertz CT molecular complexity index is 779. The van der Waals surface area contributed by atoms with Crippen molar-refractivity contribution in [2.24, 2.45) is 0 Å². The van der Waals surface area contributed by atoms with Crippen LogP contribution >= 0.6 is 23.2 Å². The van der Waals surface area contributed by atoms with Gasteiger partial charge >= 0.3 is 0 Å². The number of carbonyl (C=O) groups excluding carboxylic acids is 2. The molecule has 7 heteroatoms. The highest BCUT2D eigenvalue weighted by Gasteiger charge is 2.17. The maximum absolute atomic E-state index is 12.2. The van der Waals surface area contributed by atoms with Crippen molar-refractivity contribution in [3.8, 4) is 5.75 Å². The SMILES string of the molecule is CCOc1ccc(NC(=O)CCN(C(C)=O)c2cc(Cl)ccc2Cl)cc1. The molecule has 5 nitrogen and oxygen atoms in total. The Morgan fingerprint density at radius 1 is 1.12 bits per heavy atom. The Morgan fingerprint density at radius 3 is 2.42 bits per heavy atom. The van der Waals surface area contributed by atoms with Gasteiger partial charge in [-0.25, -0.2) is 0 Å². The molecule has 2 aromatic carbocycles. The third kappa shape index (κ3) is 5.64. The van der Waals surface area contributed by atoms with E-state index in [4.69, 9.17) is 27.9 Å². The number of anilines is 2. The van der Waals surface area contributed by atoms with Crippen molar-refractivity contribution < 1.29 is 14.3 Å². The standard InChI is InChI=1S/C19H20Cl2N2O3/c1-3-26-16-7-5-15(6-8-16)22-19(25)10-11-23(13(2)24)18-12-14(20)4-9-17(18)21/h4-9,12H,3,10-11H2,1-2H3,(H,22,25). The Kier molecular flexibility index (Phi) is 7.30. The average Bonchev–Trinajstić information content (AvgIpc) is 2.59. The lowest BCUT2D eigenvalue weighted by Gasteiger charge is -2.22. The first-order valence-corrected chi connectivity index (χ1v) is 8.92. The highest BCUT2D eigenvalue weighted by atomic mass is 35.5. The summed E-state index contributed by atoms with van der Waals surface area (Å²) in [6, 6.07) is 12.0. The molecule has 0 radical (unpaired) electrons. The zero-order valence-corrected chi connectivity index (χ0v) is 16.1. The number of hydrogen-bond acceptors (Lipinski definition) is 3. The fourth-order valence-electron chi connectivity index (χ4n) is 2.38. The second kappa shape index (κ2) is 9.46. The highest BCUT2D eigenvalue weighted by Crippen LogP contribution is 2.29. The summed E-state index contributed by atoms with van der Waals surface area (Å²) in [5, 5.41) is 3.66. The van der Waals surface area contributed by atoms with Crippen LogP contribution in [-0.4, -0.2) is 25.0 Å². The molecule has 0 aliphatic rings. The van der Waals surface area contributed by atoms with Gasteiger partial charge in [-0.3, -0.25) is 9.59 Å². The molecule has 0 saturated carbocycles. The zero-order chi connectivity index (χ0) is 19.1. The molecular formula is C19H20Cl2N2O3. The first kappa shape index (κ1) is 20.1. The van der Waals surface area contributed by atoms with Crippen LogP contribution in [0.2, 0.25) is 10.0 Å². The van der Waals surface area contributed by atoms with Crippen LogP contribution in [0.25, 0.3) is 0 Å². The van der Waals surface area contributed by atoms with Crippen LogP contribution in [-0.2, 0) is 9.59 Å². The molecule has 0 aliphatic heterocycles. The molecule has 2 aromatic rings. The molecule has 0 fully saturated rings. The number of hydrogen-bond donors (Lipinski definition) is 1. The quantitative estimate of drug-likeness (QED) is 0.735. The van der Waals surface area contributed by atoms with Crippen molar-refractivity contribution in [1.82, 2.24) is 0 Å². The van der Waals surface area contributed by atoms with Gasteiger partial charge in [0.2, 0.25) is 11.8 Å². The van der Waals surface area contributed by atoms with Crippen molar-refractivity contribution in [3.63, 3.8) is 0 Å². The number of rotatable bonds is 7. The van der Waals surface area contributed by atoms with Crippen LogP contribution in [0.4, 0.5) is 11.4 Å². The highest BCUT2D eigenvalue weighted by molar-refractivity contribution is 6.35. The maximum Gasteiger partial charge on any atom is 0.226 e. The first-order valence-electron chi connectivity index (χ1n) is 8.16. The zero-order valence-electron chi connectivity index (χ0n) is 14.6. The third-order valence-corrected chi connectivity index (χ3v) is 4.15. The van der Waals surface area contributed by atoms with E-state index in [1.807, 2.05) is 6.92 Å². The van der Waals surface area contributed by atoms with Crippen LogP contribution in [0.5, 0.6) is 5.75 Å². The predicted molar refractivity (Wildman–Crippen MR) is 105 cm³/mol. The van der Waals surface area contributed by atoms with Crippen LogP contribution < -0.4 is 15.0 Å². The number of amides is 2. The van der Waals surface area contributed by atoms with Crippen LogP contribution in [0.1, 0.15) is 20.3 Å². The summed E-state index contributed by atoms with van der Waals surface area (Å²) in [7, 11) is 0. The summed E-state index contributed by atoms with van der Waals surface area (Å²) < 4.78 is 5.36. The number of nitrogens with zero attached hydrogens (tertiary/aromatic N) is 1. The minimum atomic E-state index is -0.219. The van der Waals surface area contributed by atoms with E-state index in [0.717, 1.165) is 5.75 Å². The molecule has 0 unspecified atom stereocenters. The predicted octanol–water partition coefficient (Wildman–Crippen LogP) is 4.77. The minimum absolute atomic E-state index is 0.121. The normalized spacial score (nSPS) is 10.3. The summed E-state index contributed by atoms with van der Waals surface area (Å²) in [6.07, 6.45) is 0.121. The molecule has 138 valence electrons. The van der Waals surface area contributed by atoms with Gasteiger partial charge in [-0.1, -0.05) is 23.2 Å². The minimum Gasteiger partial charge on any atom is -0.494 e.